The van der Waals surface area contributed by atoms with E-state index in [4.69, 9.17) is 4.74 Å². The molecule has 0 aromatic rings. The van der Waals surface area contributed by atoms with Crippen LogP contribution in [0.4, 0.5) is 0 Å². The fourth-order valence-electron chi connectivity index (χ4n) is 1.54. The van der Waals surface area contributed by atoms with Crippen molar-refractivity contribution in [2.45, 2.75) is 45.1 Å². The molecule has 1 atom stereocenters. The summed E-state index contributed by atoms with van der Waals surface area (Å²) in [6.45, 7) is 4.46. The number of hydrogen-bond donors (Lipinski definition) is 1. The Morgan fingerprint density at radius 3 is 2.77 bits per heavy atom. The van der Waals surface area contributed by atoms with Crippen molar-refractivity contribution in [1.82, 2.24) is 5.32 Å². The maximum atomic E-state index is 5.03. The Morgan fingerprint density at radius 1 is 1.38 bits per heavy atom. The van der Waals surface area contributed by atoms with Crippen molar-refractivity contribution in [3.8, 4) is 0 Å². The summed E-state index contributed by atoms with van der Waals surface area (Å²) in [7, 11) is 1.78. The summed E-state index contributed by atoms with van der Waals surface area (Å²) in [5.41, 5.74) is 0. The van der Waals surface area contributed by atoms with Crippen molar-refractivity contribution >= 4 is 0 Å². The summed E-state index contributed by atoms with van der Waals surface area (Å²) < 4.78 is 5.03. The highest BCUT2D eigenvalue weighted by Gasteiger charge is 2.19. The maximum absolute atomic E-state index is 5.03. The van der Waals surface area contributed by atoms with Crippen LogP contribution in [0.2, 0.25) is 0 Å². The second-order valence-electron chi connectivity index (χ2n) is 4.26. The molecule has 1 fully saturated rings. The molecule has 78 valence electrons. The molecule has 0 aliphatic heterocycles. The molecule has 0 radical (unpaired) electrons. The first-order valence-electron chi connectivity index (χ1n) is 5.55. The van der Waals surface area contributed by atoms with Crippen molar-refractivity contribution < 1.29 is 4.74 Å². The molecule has 1 unspecified atom stereocenters. The van der Waals surface area contributed by atoms with Gasteiger partial charge in [-0.2, -0.15) is 0 Å². The van der Waals surface area contributed by atoms with Crippen LogP contribution < -0.4 is 5.32 Å². The molecule has 0 aromatic heterocycles. The van der Waals surface area contributed by atoms with E-state index in [1.54, 1.807) is 7.11 Å². The van der Waals surface area contributed by atoms with Gasteiger partial charge in [-0.1, -0.05) is 6.92 Å². The molecular weight excluding hydrogens is 162 g/mol. The van der Waals surface area contributed by atoms with Gasteiger partial charge >= 0.3 is 0 Å². The fourth-order valence-corrected chi connectivity index (χ4v) is 1.54. The molecule has 2 nitrogen and oxygen atoms in total. The van der Waals surface area contributed by atoms with E-state index in [1.165, 1.54) is 38.6 Å². The van der Waals surface area contributed by atoms with E-state index >= 15 is 0 Å². The summed E-state index contributed by atoms with van der Waals surface area (Å²) in [5.74, 6) is 0.849. The lowest BCUT2D eigenvalue weighted by molar-refractivity contribution is 0.187. The van der Waals surface area contributed by atoms with Crippen LogP contribution in [-0.4, -0.2) is 26.3 Å². The van der Waals surface area contributed by atoms with Gasteiger partial charge in [0.05, 0.1) is 0 Å². The average Bonchev–Trinajstić information content (AvgIpc) is 2.89. The maximum Gasteiger partial charge on any atom is 0.0462 e. The first kappa shape index (κ1) is 11.0. The number of nitrogens with one attached hydrogen (secondary N) is 1. The summed E-state index contributed by atoms with van der Waals surface area (Å²) in [6.07, 6.45) is 6.64. The van der Waals surface area contributed by atoms with Gasteiger partial charge in [-0.15, -0.1) is 0 Å². The third-order valence-corrected chi connectivity index (χ3v) is 2.69. The second-order valence-corrected chi connectivity index (χ2v) is 4.26. The zero-order valence-corrected chi connectivity index (χ0v) is 9.01. The summed E-state index contributed by atoms with van der Waals surface area (Å²) in [5, 5.41) is 3.55. The van der Waals surface area contributed by atoms with Gasteiger partial charge in [0.2, 0.25) is 0 Å². The lowest BCUT2D eigenvalue weighted by Crippen LogP contribution is -2.19. The minimum absolute atomic E-state index is 0.849. The largest absolute Gasteiger partial charge is 0.385 e. The molecule has 0 spiro atoms. The van der Waals surface area contributed by atoms with Crippen molar-refractivity contribution in [2.24, 2.45) is 5.92 Å². The molecule has 0 amide bonds. The summed E-state index contributed by atoms with van der Waals surface area (Å²) in [4.78, 5) is 0. The van der Waals surface area contributed by atoms with Gasteiger partial charge < -0.3 is 10.1 Å². The molecule has 1 rings (SSSR count). The van der Waals surface area contributed by atoms with E-state index in [0.29, 0.717) is 0 Å². The average molecular weight is 185 g/mol. The van der Waals surface area contributed by atoms with Crippen LogP contribution in [0.5, 0.6) is 0 Å². The highest BCUT2D eigenvalue weighted by molar-refractivity contribution is 4.80. The van der Waals surface area contributed by atoms with Gasteiger partial charge in [-0.25, -0.2) is 0 Å². The first-order chi connectivity index (χ1) is 6.33. The Bertz CT molecular complexity index is 123. The second kappa shape index (κ2) is 6.39. The van der Waals surface area contributed by atoms with E-state index in [9.17, 15) is 0 Å². The van der Waals surface area contributed by atoms with Crippen LogP contribution in [0.1, 0.15) is 39.0 Å². The van der Waals surface area contributed by atoms with Crippen LogP contribution >= 0.6 is 0 Å². The Balaban J connectivity index is 1.81. The zero-order chi connectivity index (χ0) is 9.52. The predicted octanol–water partition coefficient (Wildman–Crippen LogP) is 2.19. The van der Waals surface area contributed by atoms with Crippen molar-refractivity contribution in [2.75, 3.05) is 20.3 Å². The van der Waals surface area contributed by atoms with Gasteiger partial charge in [0.25, 0.3) is 0 Å². The minimum atomic E-state index is 0.849. The van der Waals surface area contributed by atoms with Crippen molar-refractivity contribution in [3.05, 3.63) is 0 Å². The molecular formula is C11H23NO. The van der Waals surface area contributed by atoms with Gasteiger partial charge in [-0.05, 0) is 44.6 Å². The molecule has 1 saturated carbocycles. The first-order valence-corrected chi connectivity index (χ1v) is 5.55. The van der Waals surface area contributed by atoms with Gasteiger partial charge in [0.1, 0.15) is 0 Å². The van der Waals surface area contributed by atoms with Crippen LogP contribution in [0.25, 0.3) is 0 Å². The normalized spacial score (nSPS) is 18.9. The van der Waals surface area contributed by atoms with Gasteiger partial charge in [0, 0.05) is 19.8 Å². The quantitative estimate of drug-likeness (QED) is 0.585. The van der Waals surface area contributed by atoms with Gasteiger partial charge in [-0.3, -0.25) is 0 Å². The third kappa shape index (κ3) is 6.05. The van der Waals surface area contributed by atoms with E-state index in [-0.39, 0.29) is 0 Å². The summed E-state index contributed by atoms with van der Waals surface area (Å²) >= 11 is 0. The highest BCUT2D eigenvalue weighted by Crippen LogP contribution is 2.19. The summed E-state index contributed by atoms with van der Waals surface area (Å²) in [6, 6.07) is 0.867. The lowest BCUT2D eigenvalue weighted by atomic mass is 10.0. The number of methoxy groups -OCH3 is 1. The van der Waals surface area contributed by atoms with Gasteiger partial charge in [0.15, 0.2) is 0 Å². The number of ether oxygens (including phenoxy) is 1. The third-order valence-electron chi connectivity index (χ3n) is 2.69. The molecule has 1 N–H and O–H groups in total. The Kier molecular flexibility index (Phi) is 5.40. The van der Waals surface area contributed by atoms with E-state index in [1.807, 2.05) is 0 Å². The molecule has 1 aliphatic carbocycles. The topological polar surface area (TPSA) is 21.3 Å². The van der Waals surface area contributed by atoms with E-state index < -0.39 is 0 Å². The lowest BCUT2D eigenvalue weighted by Gasteiger charge is -2.10. The van der Waals surface area contributed by atoms with Crippen LogP contribution in [0, 0.1) is 5.92 Å². The van der Waals surface area contributed by atoms with Crippen LogP contribution in [0.15, 0.2) is 0 Å². The molecule has 1 aliphatic rings. The molecule has 0 saturated heterocycles. The standard InChI is InChI=1S/C11H23NO/c1-10(4-3-9-13-2)7-8-12-11-5-6-11/h10-12H,3-9H2,1-2H3. The molecule has 13 heavy (non-hydrogen) atoms. The Labute approximate surface area is 82.0 Å². The number of rotatable bonds is 8. The Morgan fingerprint density at radius 2 is 2.15 bits per heavy atom. The van der Waals surface area contributed by atoms with Crippen molar-refractivity contribution in [1.29, 1.82) is 0 Å². The zero-order valence-electron chi connectivity index (χ0n) is 9.01. The smallest absolute Gasteiger partial charge is 0.0462 e. The highest BCUT2D eigenvalue weighted by atomic mass is 16.5. The molecule has 0 aromatic carbocycles. The van der Waals surface area contributed by atoms with Crippen LogP contribution in [0.3, 0.4) is 0 Å². The predicted molar refractivity (Wildman–Crippen MR) is 55.9 cm³/mol. The van der Waals surface area contributed by atoms with Crippen LogP contribution in [-0.2, 0) is 4.74 Å². The minimum Gasteiger partial charge on any atom is -0.385 e. The van der Waals surface area contributed by atoms with E-state index in [0.717, 1.165) is 18.6 Å². The van der Waals surface area contributed by atoms with E-state index in [2.05, 4.69) is 12.2 Å². The monoisotopic (exact) mass is 185 g/mol. The molecule has 0 heterocycles. The fraction of sp³-hybridized carbons (Fsp3) is 1.00. The molecule has 2 heteroatoms. The number of hydrogen-bond acceptors (Lipinski definition) is 2. The molecule has 0 bridgehead atoms. The SMILES string of the molecule is COCCCC(C)CCNC1CC1. The Hall–Kier alpha value is -0.0800. The van der Waals surface area contributed by atoms with Crippen molar-refractivity contribution in [3.63, 3.8) is 0 Å².